The standard InChI is InChI=1S/C8H7NS.C3H8/c1-6-2-3-8-7(4-6)9-5-10-8;1-3-2/h2-5H,1H3;3H2,1-2H3. The van der Waals surface area contributed by atoms with Crippen LogP contribution in [0.15, 0.2) is 23.7 Å². The molecule has 0 unspecified atom stereocenters. The van der Waals surface area contributed by atoms with E-state index in [0.717, 1.165) is 5.52 Å². The molecule has 0 atom stereocenters. The first kappa shape index (κ1) is 10.2. The zero-order valence-electron chi connectivity index (χ0n) is 8.37. The monoisotopic (exact) mass is 193 g/mol. The van der Waals surface area contributed by atoms with Crippen LogP contribution < -0.4 is 0 Å². The lowest BCUT2D eigenvalue weighted by molar-refractivity contribution is 1.09. The number of thiazole rings is 1. The summed E-state index contributed by atoms with van der Waals surface area (Å²) >= 11 is 1.68. The predicted octanol–water partition coefficient (Wildman–Crippen LogP) is 4.02. The molecule has 2 aromatic rings. The van der Waals surface area contributed by atoms with Crippen LogP contribution >= 0.6 is 11.3 Å². The number of aryl methyl sites for hydroxylation is 1. The molecule has 1 aromatic carbocycles. The largest absolute Gasteiger partial charge is 0.245 e. The first-order valence-corrected chi connectivity index (χ1v) is 5.45. The lowest BCUT2D eigenvalue weighted by Gasteiger charge is -1.88. The zero-order chi connectivity index (χ0) is 9.68. The molecule has 1 nitrogen and oxygen atoms in total. The Bertz CT molecular complexity index is 365. The van der Waals surface area contributed by atoms with Gasteiger partial charge in [0.2, 0.25) is 0 Å². The zero-order valence-corrected chi connectivity index (χ0v) is 9.19. The minimum atomic E-state index is 1.12. The van der Waals surface area contributed by atoms with Gasteiger partial charge >= 0.3 is 0 Å². The van der Waals surface area contributed by atoms with Crippen LogP contribution in [0.2, 0.25) is 0 Å². The van der Waals surface area contributed by atoms with E-state index in [9.17, 15) is 0 Å². The molecule has 13 heavy (non-hydrogen) atoms. The summed E-state index contributed by atoms with van der Waals surface area (Å²) in [6.07, 6.45) is 1.25. The minimum absolute atomic E-state index is 1.12. The predicted molar refractivity (Wildman–Crippen MR) is 60.3 cm³/mol. The maximum atomic E-state index is 4.20. The summed E-state index contributed by atoms with van der Waals surface area (Å²) in [7, 11) is 0. The van der Waals surface area contributed by atoms with Gasteiger partial charge in [0, 0.05) is 0 Å². The summed E-state index contributed by atoms with van der Waals surface area (Å²) in [5, 5.41) is 0. The van der Waals surface area contributed by atoms with Crippen molar-refractivity contribution in [2.75, 3.05) is 0 Å². The van der Waals surface area contributed by atoms with Gasteiger partial charge in [0.15, 0.2) is 0 Å². The van der Waals surface area contributed by atoms with Crippen LogP contribution in [-0.4, -0.2) is 4.98 Å². The van der Waals surface area contributed by atoms with Crippen LogP contribution in [0, 0.1) is 6.92 Å². The Kier molecular flexibility index (Phi) is 3.90. The summed E-state index contributed by atoms with van der Waals surface area (Å²) in [5.74, 6) is 0. The highest BCUT2D eigenvalue weighted by atomic mass is 32.1. The van der Waals surface area contributed by atoms with Gasteiger partial charge in [-0.05, 0) is 24.6 Å². The Morgan fingerprint density at radius 2 is 2.00 bits per heavy atom. The number of rotatable bonds is 0. The molecule has 2 heteroatoms. The molecule has 70 valence electrons. The van der Waals surface area contributed by atoms with Crippen molar-refractivity contribution >= 4 is 21.6 Å². The summed E-state index contributed by atoms with van der Waals surface area (Å²) in [6.45, 7) is 6.33. The maximum Gasteiger partial charge on any atom is 0.0814 e. The molecule has 0 aliphatic rings. The second-order valence-corrected chi connectivity index (χ2v) is 3.92. The molecule has 0 fully saturated rings. The fourth-order valence-electron chi connectivity index (χ4n) is 0.968. The van der Waals surface area contributed by atoms with Crippen molar-refractivity contribution in [3.63, 3.8) is 0 Å². The number of aromatic nitrogens is 1. The highest BCUT2D eigenvalue weighted by Gasteiger charge is 1.93. The molecule has 0 bridgehead atoms. The summed E-state index contributed by atoms with van der Waals surface area (Å²) < 4.78 is 1.27. The van der Waals surface area contributed by atoms with Gasteiger partial charge in [0.05, 0.1) is 15.7 Å². The first-order valence-electron chi connectivity index (χ1n) is 4.57. The van der Waals surface area contributed by atoms with Gasteiger partial charge in [0.1, 0.15) is 0 Å². The fourth-order valence-corrected chi connectivity index (χ4v) is 1.63. The molecule has 0 amide bonds. The van der Waals surface area contributed by atoms with E-state index in [2.05, 4.69) is 44.0 Å². The van der Waals surface area contributed by atoms with E-state index < -0.39 is 0 Å². The van der Waals surface area contributed by atoms with E-state index in [4.69, 9.17) is 0 Å². The third kappa shape index (κ3) is 2.81. The van der Waals surface area contributed by atoms with E-state index >= 15 is 0 Å². The molecule has 0 radical (unpaired) electrons. The van der Waals surface area contributed by atoms with Gasteiger partial charge < -0.3 is 0 Å². The van der Waals surface area contributed by atoms with Crippen LogP contribution in [0.5, 0.6) is 0 Å². The Balaban J connectivity index is 0.000000251. The number of hydrogen-bond donors (Lipinski definition) is 0. The number of nitrogens with zero attached hydrogens (tertiary/aromatic N) is 1. The lowest BCUT2D eigenvalue weighted by atomic mass is 10.2. The normalized spacial score (nSPS) is 9.46. The molecular weight excluding hydrogens is 178 g/mol. The first-order chi connectivity index (χ1) is 6.27. The molecule has 1 heterocycles. The number of benzene rings is 1. The van der Waals surface area contributed by atoms with E-state index in [1.54, 1.807) is 11.3 Å². The topological polar surface area (TPSA) is 12.9 Å². The lowest BCUT2D eigenvalue weighted by Crippen LogP contribution is -1.69. The Hall–Kier alpha value is -0.890. The highest BCUT2D eigenvalue weighted by Crippen LogP contribution is 2.17. The van der Waals surface area contributed by atoms with E-state index in [-0.39, 0.29) is 0 Å². The third-order valence-electron chi connectivity index (χ3n) is 1.49. The van der Waals surface area contributed by atoms with E-state index in [0.29, 0.717) is 0 Å². The Morgan fingerprint density at radius 3 is 2.69 bits per heavy atom. The molecule has 1 aromatic heterocycles. The molecule has 0 saturated carbocycles. The summed E-state index contributed by atoms with van der Waals surface area (Å²) in [6, 6.07) is 6.33. The van der Waals surface area contributed by atoms with Crippen LogP contribution in [0.1, 0.15) is 25.8 Å². The molecule has 0 saturated heterocycles. The van der Waals surface area contributed by atoms with Crippen LogP contribution in [0.4, 0.5) is 0 Å². The average molecular weight is 193 g/mol. The third-order valence-corrected chi connectivity index (χ3v) is 2.30. The second kappa shape index (κ2) is 4.97. The smallest absolute Gasteiger partial charge is 0.0814 e. The van der Waals surface area contributed by atoms with Gasteiger partial charge in [-0.2, -0.15) is 0 Å². The van der Waals surface area contributed by atoms with Crippen LogP contribution in [0.3, 0.4) is 0 Å². The number of hydrogen-bond acceptors (Lipinski definition) is 2. The van der Waals surface area contributed by atoms with Crippen molar-refractivity contribution in [2.24, 2.45) is 0 Å². The van der Waals surface area contributed by atoms with Gasteiger partial charge in [-0.1, -0.05) is 26.3 Å². The molecule has 0 N–H and O–H groups in total. The second-order valence-electron chi connectivity index (χ2n) is 3.03. The molecule has 0 aliphatic heterocycles. The average Bonchev–Trinajstić information content (AvgIpc) is 2.52. The van der Waals surface area contributed by atoms with Crippen molar-refractivity contribution in [3.8, 4) is 0 Å². The van der Waals surface area contributed by atoms with Crippen molar-refractivity contribution < 1.29 is 0 Å². The van der Waals surface area contributed by atoms with Crippen molar-refractivity contribution in [1.29, 1.82) is 0 Å². The van der Waals surface area contributed by atoms with Crippen molar-refractivity contribution in [1.82, 2.24) is 4.98 Å². The van der Waals surface area contributed by atoms with E-state index in [1.807, 2.05) is 5.51 Å². The quantitative estimate of drug-likeness (QED) is 0.615. The molecular formula is C11H15NS. The van der Waals surface area contributed by atoms with Gasteiger partial charge in [-0.25, -0.2) is 4.98 Å². The fraction of sp³-hybridized carbons (Fsp3) is 0.364. The van der Waals surface area contributed by atoms with Gasteiger partial charge in [0.25, 0.3) is 0 Å². The summed E-state index contributed by atoms with van der Waals surface area (Å²) in [4.78, 5) is 4.20. The minimum Gasteiger partial charge on any atom is -0.245 e. The molecule has 0 aliphatic carbocycles. The maximum absolute atomic E-state index is 4.20. The highest BCUT2D eigenvalue weighted by molar-refractivity contribution is 7.16. The van der Waals surface area contributed by atoms with Crippen molar-refractivity contribution in [2.45, 2.75) is 27.2 Å². The summed E-state index contributed by atoms with van der Waals surface area (Å²) in [5.41, 5.74) is 4.27. The van der Waals surface area contributed by atoms with Gasteiger partial charge in [-0.3, -0.25) is 0 Å². The SMILES string of the molecule is CCC.Cc1ccc2scnc2c1. The Morgan fingerprint density at radius 1 is 1.31 bits per heavy atom. The van der Waals surface area contributed by atoms with Crippen LogP contribution in [0.25, 0.3) is 10.2 Å². The number of fused-ring (bicyclic) bond motifs is 1. The van der Waals surface area contributed by atoms with E-state index in [1.165, 1.54) is 16.7 Å². The van der Waals surface area contributed by atoms with Gasteiger partial charge in [-0.15, -0.1) is 11.3 Å². The molecule has 2 rings (SSSR count). The van der Waals surface area contributed by atoms with Crippen LogP contribution in [-0.2, 0) is 0 Å². The van der Waals surface area contributed by atoms with Crippen molar-refractivity contribution in [3.05, 3.63) is 29.3 Å². The Labute approximate surface area is 83.4 Å². The molecule has 0 spiro atoms.